The van der Waals surface area contributed by atoms with E-state index in [4.69, 9.17) is 19.2 Å². The molecule has 0 bridgehead atoms. The van der Waals surface area contributed by atoms with Crippen LogP contribution in [-0.4, -0.2) is 38.3 Å². The van der Waals surface area contributed by atoms with E-state index in [2.05, 4.69) is 53.7 Å². The van der Waals surface area contributed by atoms with E-state index < -0.39 is 0 Å². The van der Waals surface area contributed by atoms with Crippen LogP contribution in [0, 0.1) is 0 Å². The van der Waals surface area contributed by atoms with Crippen LogP contribution in [0.5, 0.6) is 23.1 Å². The Labute approximate surface area is 195 Å². The smallest absolute Gasteiger partial charge is 0.219 e. The summed E-state index contributed by atoms with van der Waals surface area (Å²) in [6.45, 7) is 6.34. The number of rotatable bonds is 10. The molecular formula is C26H32N4O3. The average molecular weight is 449 g/mol. The summed E-state index contributed by atoms with van der Waals surface area (Å²) in [7, 11) is 3.18. The fourth-order valence-electron chi connectivity index (χ4n) is 3.25. The number of nitrogens with one attached hydrogen (secondary N) is 2. The second kappa shape index (κ2) is 12.3. The molecule has 1 unspecified atom stereocenters. The monoisotopic (exact) mass is 448 g/mol. The summed E-state index contributed by atoms with van der Waals surface area (Å²) in [5, 5.41) is 6.72. The van der Waals surface area contributed by atoms with Crippen LogP contribution in [-0.2, 0) is 6.54 Å². The number of hydrogen-bond acceptors (Lipinski definition) is 5. The van der Waals surface area contributed by atoms with E-state index in [0.717, 1.165) is 24.6 Å². The first kappa shape index (κ1) is 23.9. The largest absolute Gasteiger partial charge is 0.493 e. The highest BCUT2D eigenvalue weighted by molar-refractivity contribution is 5.79. The van der Waals surface area contributed by atoms with Crippen LogP contribution in [0.15, 0.2) is 71.9 Å². The maximum absolute atomic E-state index is 5.93. The molecule has 0 spiro atoms. The molecule has 0 radical (unpaired) electrons. The average Bonchev–Trinajstić information content (AvgIpc) is 2.87. The van der Waals surface area contributed by atoms with Crippen LogP contribution in [0.3, 0.4) is 0 Å². The molecule has 2 aromatic carbocycles. The van der Waals surface area contributed by atoms with E-state index in [1.54, 1.807) is 20.4 Å². The molecule has 174 valence electrons. The van der Waals surface area contributed by atoms with Gasteiger partial charge in [0, 0.05) is 25.4 Å². The summed E-state index contributed by atoms with van der Waals surface area (Å²) in [6.07, 6.45) is 1.76. The zero-order valence-electron chi connectivity index (χ0n) is 19.7. The predicted molar refractivity (Wildman–Crippen MR) is 132 cm³/mol. The van der Waals surface area contributed by atoms with Crippen molar-refractivity contribution in [3.63, 3.8) is 0 Å². The second-order valence-electron chi connectivity index (χ2n) is 7.49. The highest BCUT2D eigenvalue weighted by Crippen LogP contribution is 2.39. The van der Waals surface area contributed by atoms with Crippen molar-refractivity contribution in [3.8, 4) is 23.1 Å². The van der Waals surface area contributed by atoms with Crippen molar-refractivity contribution in [2.45, 2.75) is 26.3 Å². The van der Waals surface area contributed by atoms with Crippen molar-refractivity contribution in [1.29, 1.82) is 0 Å². The molecule has 33 heavy (non-hydrogen) atoms. The Hall–Kier alpha value is -3.74. The lowest BCUT2D eigenvalue weighted by Crippen LogP contribution is -2.39. The first-order valence-electron chi connectivity index (χ1n) is 11.1. The molecule has 7 heteroatoms. The Balaban J connectivity index is 1.62. The molecule has 0 amide bonds. The van der Waals surface area contributed by atoms with E-state index >= 15 is 0 Å². The Bertz CT molecular complexity index is 1000. The fraction of sp³-hybridized carbons (Fsp3) is 0.308. The van der Waals surface area contributed by atoms with E-state index in [9.17, 15) is 0 Å². The number of guanidine groups is 1. The highest BCUT2D eigenvalue weighted by Gasteiger charge is 2.13. The van der Waals surface area contributed by atoms with Gasteiger partial charge in [0.25, 0.3) is 0 Å². The molecule has 7 nitrogen and oxygen atoms in total. The zero-order chi connectivity index (χ0) is 23.5. The summed E-state index contributed by atoms with van der Waals surface area (Å²) >= 11 is 0. The topological polar surface area (TPSA) is 77.0 Å². The number of ether oxygens (including phenoxy) is 3. The van der Waals surface area contributed by atoms with Crippen molar-refractivity contribution in [1.82, 2.24) is 15.6 Å². The van der Waals surface area contributed by atoms with Gasteiger partial charge in [-0.25, -0.2) is 9.98 Å². The van der Waals surface area contributed by atoms with Crippen molar-refractivity contribution < 1.29 is 14.2 Å². The van der Waals surface area contributed by atoms with Crippen LogP contribution in [0.25, 0.3) is 0 Å². The Morgan fingerprint density at radius 1 is 0.939 bits per heavy atom. The lowest BCUT2D eigenvalue weighted by Gasteiger charge is -2.16. The van der Waals surface area contributed by atoms with E-state index in [0.29, 0.717) is 35.6 Å². The summed E-state index contributed by atoms with van der Waals surface area (Å²) < 4.78 is 16.7. The SMILES string of the molecule is CCNC(=NCc1ccc(Oc2c(OC)cccc2OC)nc1)NCC(C)c1ccccc1. The summed E-state index contributed by atoms with van der Waals surface area (Å²) in [4.78, 5) is 9.11. The lowest BCUT2D eigenvalue weighted by molar-refractivity contribution is 0.342. The Morgan fingerprint density at radius 2 is 1.67 bits per heavy atom. The normalized spacial score (nSPS) is 12.1. The van der Waals surface area contributed by atoms with E-state index in [-0.39, 0.29) is 0 Å². The van der Waals surface area contributed by atoms with Gasteiger partial charge in [-0.15, -0.1) is 0 Å². The first-order chi connectivity index (χ1) is 16.1. The molecule has 0 aliphatic carbocycles. The number of aliphatic imine (C=N–C) groups is 1. The van der Waals surface area contributed by atoms with Crippen LogP contribution in [0.2, 0.25) is 0 Å². The van der Waals surface area contributed by atoms with Gasteiger partial charge in [0.05, 0.1) is 20.8 Å². The third-order valence-electron chi connectivity index (χ3n) is 5.10. The highest BCUT2D eigenvalue weighted by atomic mass is 16.5. The predicted octanol–water partition coefficient (Wildman–Crippen LogP) is 4.75. The quantitative estimate of drug-likeness (QED) is 0.344. The number of hydrogen-bond donors (Lipinski definition) is 2. The van der Waals surface area contributed by atoms with Crippen molar-refractivity contribution in [3.05, 3.63) is 78.0 Å². The van der Waals surface area contributed by atoms with Gasteiger partial charge in [-0.05, 0) is 36.1 Å². The van der Waals surface area contributed by atoms with E-state index in [1.807, 2.05) is 36.4 Å². The molecule has 0 saturated carbocycles. The van der Waals surface area contributed by atoms with Crippen LogP contribution < -0.4 is 24.8 Å². The molecule has 3 rings (SSSR count). The van der Waals surface area contributed by atoms with Gasteiger partial charge in [0.1, 0.15) is 0 Å². The molecule has 0 aliphatic heterocycles. The number of nitrogens with zero attached hydrogens (tertiary/aromatic N) is 2. The van der Waals surface area contributed by atoms with Crippen molar-refractivity contribution in [2.75, 3.05) is 27.3 Å². The minimum atomic E-state index is 0.375. The number of methoxy groups -OCH3 is 2. The maximum atomic E-state index is 5.93. The molecule has 1 heterocycles. The molecule has 0 saturated heterocycles. The summed E-state index contributed by atoms with van der Waals surface area (Å²) in [5.74, 6) is 3.26. The fourth-order valence-corrected chi connectivity index (χ4v) is 3.25. The third-order valence-corrected chi connectivity index (χ3v) is 5.10. The summed E-state index contributed by atoms with van der Waals surface area (Å²) in [6, 6.07) is 19.7. The lowest BCUT2D eigenvalue weighted by atomic mass is 10.0. The van der Waals surface area contributed by atoms with Crippen LogP contribution in [0.1, 0.15) is 30.9 Å². The van der Waals surface area contributed by atoms with E-state index in [1.165, 1.54) is 5.56 Å². The number of pyridine rings is 1. The molecule has 1 atom stereocenters. The minimum absolute atomic E-state index is 0.375. The number of aromatic nitrogens is 1. The number of benzene rings is 2. The van der Waals surface area contributed by atoms with Crippen LogP contribution in [0.4, 0.5) is 0 Å². The summed E-state index contributed by atoms with van der Waals surface area (Å²) in [5.41, 5.74) is 2.27. The van der Waals surface area contributed by atoms with Crippen LogP contribution >= 0.6 is 0 Å². The van der Waals surface area contributed by atoms with Gasteiger partial charge in [0.2, 0.25) is 11.6 Å². The van der Waals surface area contributed by atoms with Crippen molar-refractivity contribution >= 4 is 5.96 Å². The van der Waals surface area contributed by atoms with Gasteiger partial charge in [-0.1, -0.05) is 49.4 Å². The Kier molecular flexibility index (Phi) is 8.94. The number of para-hydroxylation sites is 1. The van der Waals surface area contributed by atoms with Gasteiger partial charge in [0.15, 0.2) is 17.5 Å². The third kappa shape index (κ3) is 6.87. The van der Waals surface area contributed by atoms with Gasteiger partial charge >= 0.3 is 0 Å². The second-order valence-corrected chi connectivity index (χ2v) is 7.49. The zero-order valence-corrected chi connectivity index (χ0v) is 19.7. The maximum Gasteiger partial charge on any atom is 0.219 e. The van der Waals surface area contributed by atoms with Gasteiger partial charge in [-0.2, -0.15) is 0 Å². The van der Waals surface area contributed by atoms with Gasteiger partial charge < -0.3 is 24.8 Å². The first-order valence-corrected chi connectivity index (χ1v) is 11.1. The molecule has 0 aliphatic rings. The van der Waals surface area contributed by atoms with Crippen molar-refractivity contribution in [2.24, 2.45) is 4.99 Å². The molecule has 3 aromatic rings. The molecule has 0 fully saturated rings. The van der Waals surface area contributed by atoms with Gasteiger partial charge in [-0.3, -0.25) is 0 Å². The standard InChI is InChI=1S/C26H32N4O3/c1-5-27-26(29-16-19(2)21-10-7-6-8-11-21)30-18-20-14-15-24(28-17-20)33-25-22(31-3)12-9-13-23(25)32-4/h6-15,17,19H,5,16,18H2,1-4H3,(H2,27,29,30). The minimum Gasteiger partial charge on any atom is -0.493 e. The molecule has 1 aromatic heterocycles. The Morgan fingerprint density at radius 3 is 2.27 bits per heavy atom. The molecule has 2 N–H and O–H groups in total. The molecular weight excluding hydrogens is 416 g/mol.